The molecule has 1 saturated heterocycles. The molecule has 0 amide bonds. The van der Waals surface area contributed by atoms with Crippen LogP contribution in [-0.4, -0.2) is 27.3 Å². The summed E-state index contributed by atoms with van der Waals surface area (Å²) < 4.78 is 11.7. The molecule has 2 nitrogen and oxygen atoms in total. The van der Waals surface area contributed by atoms with Gasteiger partial charge in [0.15, 0.2) is 0 Å². The smallest absolute Gasteiger partial charge is 0.0412 e. The van der Waals surface area contributed by atoms with E-state index in [0.29, 0.717) is 6.04 Å². The lowest BCUT2D eigenvalue weighted by Gasteiger charge is -2.39. The van der Waals surface area contributed by atoms with Gasteiger partial charge in [0.2, 0.25) is 0 Å². The first-order valence-electron chi connectivity index (χ1n) is 5.69. The lowest BCUT2D eigenvalue weighted by Crippen LogP contribution is -2.58. The van der Waals surface area contributed by atoms with Gasteiger partial charge in [0.25, 0.3) is 0 Å². The summed E-state index contributed by atoms with van der Waals surface area (Å²) in [4.78, 5) is 0. The van der Waals surface area contributed by atoms with E-state index in [9.17, 15) is 4.21 Å². The van der Waals surface area contributed by atoms with Crippen molar-refractivity contribution >= 4 is 10.8 Å². The molecule has 2 aliphatic rings. The Morgan fingerprint density at radius 1 is 1.29 bits per heavy atom. The topological polar surface area (TPSA) is 29.1 Å². The standard InChI is InChI=1S/C11H21NOS/c1-11(2)8-14(13)7-10(12-11)9-5-3-4-6-9/h9-10,12H,3-8H2,1-2H3. The van der Waals surface area contributed by atoms with Gasteiger partial charge in [-0.25, -0.2) is 0 Å². The molecule has 0 aromatic rings. The first-order valence-corrected chi connectivity index (χ1v) is 7.18. The first kappa shape index (κ1) is 10.6. The van der Waals surface area contributed by atoms with E-state index < -0.39 is 10.8 Å². The van der Waals surface area contributed by atoms with Gasteiger partial charge >= 0.3 is 0 Å². The molecular formula is C11H21NOS. The third-order valence-electron chi connectivity index (χ3n) is 3.43. The largest absolute Gasteiger partial charge is 0.307 e. The van der Waals surface area contributed by atoms with Crippen LogP contribution in [0.1, 0.15) is 39.5 Å². The molecule has 2 rings (SSSR count). The van der Waals surface area contributed by atoms with E-state index in [4.69, 9.17) is 0 Å². The minimum absolute atomic E-state index is 0.0797. The highest BCUT2D eigenvalue weighted by Crippen LogP contribution is 2.30. The predicted molar refractivity (Wildman–Crippen MR) is 60.8 cm³/mol. The zero-order valence-electron chi connectivity index (χ0n) is 9.21. The fourth-order valence-corrected chi connectivity index (χ4v) is 4.62. The second-order valence-electron chi connectivity index (χ2n) is 5.43. The molecular weight excluding hydrogens is 194 g/mol. The van der Waals surface area contributed by atoms with Gasteiger partial charge in [-0.3, -0.25) is 4.21 Å². The number of rotatable bonds is 1. The van der Waals surface area contributed by atoms with Crippen LogP contribution in [0.5, 0.6) is 0 Å². The average molecular weight is 215 g/mol. The number of hydrogen-bond donors (Lipinski definition) is 1. The second-order valence-corrected chi connectivity index (χ2v) is 6.93. The Morgan fingerprint density at radius 2 is 1.93 bits per heavy atom. The van der Waals surface area contributed by atoms with Crippen molar-refractivity contribution in [3.05, 3.63) is 0 Å². The highest BCUT2D eigenvalue weighted by Gasteiger charge is 2.36. The molecule has 1 saturated carbocycles. The Bertz CT molecular complexity index is 233. The summed E-state index contributed by atoms with van der Waals surface area (Å²) in [6.45, 7) is 4.35. The summed E-state index contributed by atoms with van der Waals surface area (Å²) in [6.07, 6.45) is 5.42. The van der Waals surface area contributed by atoms with E-state index in [2.05, 4.69) is 19.2 Å². The van der Waals surface area contributed by atoms with E-state index in [1.807, 2.05) is 0 Å². The highest BCUT2D eigenvalue weighted by atomic mass is 32.2. The van der Waals surface area contributed by atoms with Gasteiger partial charge in [0, 0.05) is 33.9 Å². The Kier molecular flexibility index (Phi) is 2.98. The molecule has 14 heavy (non-hydrogen) atoms. The molecule has 3 heteroatoms. The summed E-state index contributed by atoms with van der Waals surface area (Å²) in [5.41, 5.74) is 0.0797. The van der Waals surface area contributed by atoms with E-state index in [1.54, 1.807) is 0 Å². The third-order valence-corrected chi connectivity index (χ3v) is 5.21. The maximum Gasteiger partial charge on any atom is 0.0412 e. The van der Waals surface area contributed by atoms with Gasteiger partial charge in [-0.15, -0.1) is 0 Å². The Morgan fingerprint density at radius 3 is 2.50 bits per heavy atom. The van der Waals surface area contributed by atoms with Crippen molar-refractivity contribution in [2.75, 3.05) is 11.5 Å². The molecule has 2 unspecified atom stereocenters. The van der Waals surface area contributed by atoms with Crippen molar-refractivity contribution < 1.29 is 4.21 Å². The Hall–Kier alpha value is 0.110. The summed E-state index contributed by atoms with van der Waals surface area (Å²) in [6, 6.07) is 0.516. The van der Waals surface area contributed by atoms with Crippen molar-refractivity contribution in [2.45, 2.75) is 51.1 Å². The van der Waals surface area contributed by atoms with Crippen LogP contribution in [0.3, 0.4) is 0 Å². The third kappa shape index (κ3) is 2.37. The quantitative estimate of drug-likeness (QED) is 0.721. The van der Waals surface area contributed by atoms with Gasteiger partial charge in [0.05, 0.1) is 0 Å². The van der Waals surface area contributed by atoms with Crippen molar-refractivity contribution in [2.24, 2.45) is 5.92 Å². The summed E-state index contributed by atoms with van der Waals surface area (Å²) in [5.74, 6) is 2.49. The number of nitrogens with one attached hydrogen (secondary N) is 1. The van der Waals surface area contributed by atoms with Crippen molar-refractivity contribution in [1.82, 2.24) is 5.32 Å². The summed E-state index contributed by atoms with van der Waals surface area (Å²) in [5, 5.41) is 3.67. The fourth-order valence-electron chi connectivity index (χ4n) is 2.86. The van der Waals surface area contributed by atoms with Crippen LogP contribution in [0.15, 0.2) is 0 Å². The zero-order valence-corrected chi connectivity index (χ0v) is 10.0. The molecule has 82 valence electrons. The van der Waals surface area contributed by atoms with Crippen molar-refractivity contribution in [3.63, 3.8) is 0 Å². The maximum atomic E-state index is 11.7. The molecule has 2 fully saturated rings. The van der Waals surface area contributed by atoms with Crippen LogP contribution < -0.4 is 5.32 Å². The Balaban J connectivity index is 2.01. The van der Waals surface area contributed by atoms with Crippen LogP contribution in [0.2, 0.25) is 0 Å². The first-order chi connectivity index (χ1) is 6.57. The fraction of sp³-hybridized carbons (Fsp3) is 1.00. The normalized spacial score (nSPS) is 38.7. The summed E-state index contributed by atoms with van der Waals surface area (Å²) in [7, 11) is -0.598. The molecule has 1 aliphatic carbocycles. The molecule has 1 aliphatic heterocycles. The van der Waals surface area contributed by atoms with Crippen LogP contribution >= 0.6 is 0 Å². The molecule has 0 aromatic carbocycles. The van der Waals surface area contributed by atoms with Crippen LogP contribution in [-0.2, 0) is 10.8 Å². The molecule has 0 spiro atoms. The van der Waals surface area contributed by atoms with E-state index in [-0.39, 0.29) is 5.54 Å². The van der Waals surface area contributed by atoms with Crippen LogP contribution in [0, 0.1) is 5.92 Å². The maximum absolute atomic E-state index is 11.7. The van der Waals surface area contributed by atoms with Crippen molar-refractivity contribution in [1.29, 1.82) is 0 Å². The lowest BCUT2D eigenvalue weighted by atomic mass is 9.96. The molecule has 0 bridgehead atoms. The van der Waals surface area contributed by atoms with Gasteiger partial charge in [-0.05, 0) is 32.6 Å². The Labute approximate surface area is 89.3 Å². The summed E-state index contributed by atoms with van der Waals surface area (Å²) >= 11 is 0. The van der Waals surface area contributed by atoms with E-state index in [1.165, 1.54) is 25.7 Å². The lowest BCUT2D eigenvalue weighted by molar-refractivity contribution is 0.291. The average Bonchev–Trinajstić information content (AvgIpc) is 2.51. The minimum Gasteiger partial charge on any atom is -0.307 e. The second kappa shape index (κ2) is 3.93. The van der Waals surface area contributed by atoms with Crippen LogP contribution in [0.25, 0.3) is 0 Å². The van der Waals surface area contributed by atoms with Crippen molar-refractivity contribution in [3.8, 4) is 0 Å². The minimum atomic E-state index is -0.598. The molecule has 0 radical (unpaired) electrons. The molecule has 0 aromatic heterocycles. The monoisotopic (exact) mass is 215 g/mol. The molecule has 1 N–H and O–H groups in total. The zero-order chi connectivity index (χ0) is 10.2. The number of hydrogen-bond acceptors (Lipinski definition) is 2. The molecule has 2 atom stereocenters. The van der Waals surface area contributed by atoms with Gasteiger partial charge < -0.3 is 5.32 Å². The van der Waals surface area contributed by atoms with Gasteiger partial charge in [-0.1, -0.05) is 12.8 Å². The predicted octanol–water partition coefficient (Wildman–Crippen LogP) is 1.68. The van der Waals surface area contributed by atoms with Crippen LogP contribution in [0.4, 0.5) is 0 Å². The highest BCUT2D eigenvalue weighted by molar-refractivity contribution is 7.85. The van der Waals surface area contributed by atoms with Gasteiger partial charge in [0.1, 0.15) is 0 Å². The SMILES string of the molecule is CC1(C)CS(=O)CC(C2CCCC2)N1. The van der Waals surface area contributed by atoms with E-state index >= 15 is 0 Å². The molecule has 1 heterocycles. The van der Waals surface area contributed by atoms with E-state index in [0.717, 1.165) is 17.4 Å². The van der Waals surface area contributed by atoms with Gasteiger partial charge in [-0.2, -0.15) is 0 Å².